The van der Waals surface area contributed by atoms with E-state index in [0.717, 1.165) is 48.4 Å². The molecule has 6 heterocycles. The Labute approximate surface area is 271 Å². The standard InChI is InChI=1S/C34H35ClN4O7/c1-34(31-7-6-21(35)15-36-31)45-29-5-3-4-25(32(29)46-34)38-10-9-37(27-18-43-19-28(27)38)16-22-14-24-26(39(22)17-23-8-11-44-23)12-20(33(40)41)13-30(24)42-2/h3-7,12-15,23,27-28H,8-11,16-19H2,1-2H3,(H,40,41)/t23-,27-,28+,34-/m0/s1. The van der Waals surface area contributed by atoms with E-state index in [1.54, 1.807) is 31.5 Å². The van der Waals surface area contributed by atoms with Crippen molar-refractivity contribution in [3.05, 3.63) is 76.7 Å². The summed E-state index contributed by atoms with van der Waals surface area (Å²) in [6, 6.07) is 15.3. The highest BCUT2D eigenvalue weighted by molar-refractivity contribution is 6.30. The fourth-order valence-electron chi connectivity index (χ4n) is 7.19. The number of pyridine rings is 1. The van der Waals surface area contributed by atoms with Gasteiger partial charge in [0.15, 0.2) is 11.5 Å². The van der Waals surface area contributed by atoms with Gasteiger partial charge >= 0.3 is 5.97 Å². The zero-order valence-electron chi connectivity index (χ0n) is 25.6. The predicted molar refractivity (Wildman–Crippen MR) is 170 cm³/mol. The average Bonchev–Trinajstić information content (AvgIpc) is 3.74. The first kappa shape index (κ1) is 29.4. The molecule has 1 N–H and O–H groups in total. The maximum Gasteiger partial charge on any atom is 0.335 e. The molecule has 2 aromatic carbocycles. The van der Waals surface area contributed by atoms with Crippen molar-refractivity contribution in [2.45, 2.75) is 50.4 Å². The number of para-hydroxylation sites is 1. The molecule has 0 aliphatic carbocycles. The molecule has 0 amide bonds. The molecule has 0 radical (unpaired) electrons. The van der Waals surface area contributed by atoms with Crippen molar-refractivity contribution in [3.63, 3.8) is 0 Å². The third-order valence-corrected chi connectivity index (χ3v) is 9.88. The average molecular weight is 647 g/mol. The lowest BCUT2D eigenvalue weighted by molar-refractivity contribution is -0.0716. The Kier molecular flexibility index (Phi) is 7.24. The summed E-state index contributed by atoms with van der Waals surface area (Å²) in [5.74, 6) is -0.134. The number of halogens is 1. The summed E-state index contributed by atoms with van der Waals surface area (Å²) in [6.45, 7) is 6.72. The summed E-state index contributed by atoms with van der Waals surface area (Å²) in [5.41, 5.74) is 3.75. The molecule has 8 rings (SSSR count). The fourth-order valence-corrected chi connectivity index (χ4v) is 7.30. The van der Waals surface area contributed by atoms with Crippen molar-refractivity contribution in [1.82, 2.24) is 14.5 Å². The number of methoxy groups -OCH3 is 1. The minimum Gasteiger partial charge on any atom is -0.496 e. The molecule has 4 aliphatic rings. The number of aromatic nitrogens is 2. The van der Waals surface area contributed by atoms with Gasteiger partial charge in [0.05, 0.1) is 60.3 Å². The van der Waals surface area contributed by atoms with Crippen LogP contribution in [0.15, 0.2) is 54.7 Å². The van der Waals surface area contributed by atoms with Gasteiger partial charge in [-0.05, 0) is 48.9 Å². The number of piperazine rings is 1. The molecule has 3 fully saturated rings. The van der Waals surface area contributed by atoms with Crippen LogP contribution in [0.2, 0.25) is 5.02 Å². The highest BCUT2D eigenvalue weighted by atomic mass is 35.5. The Hall–Kier alpha value is -4.03. The number of aromatic carboxylic acids is 1. The second-order valence-electron chi connectivity index (χ2n) is 12.4. The van der Waals surface area contributed by atoms with Crippen molar-refractivity contribution >= 4 is 34.2 Å². The minimum atomic E-state index is -1.07. The van der Waals surface area contributed by atoms with E-state index in [2.05, 4.69) is 31.5 Å². The Balaban J connectivity index is 1.08. The van der Waals surface area contributed by atoms with Gasteiger partial charge < -0.3 is 38.3 Å². The second-order valence-corrected chi connectivity index (χ2v) is 12.8. The van der Waals surface area contributed by atoms with Crippen LogP contribution in [0.3, 0.4) is 0 Å². The van der Waals surface area contributed by atoms with Gasteiger partial charge in [0.25, 0.3) is 5.79 Å². The van der Waals surface area contributed by atoms with E-state index in [4.69, 9.17) is 35.3 Å². The van der Waals surface area contributed by atoms with Crippen LogP contribution in [-0.4, -0.2) is 83.7 Å². The highest BCUT2D eigenvalue weighted by Gasteiger charge is 2.46. The van der Waals surface area contributed by atoms with Crippen molar-refractivity contribution in [2.75, 3.05) is 44.9 Å². The summed E-state index contributed by atoms with van der Waals surface area (Å²) in [4.78, 5) is 21.3. The SMILES string of the molecule is COc1cc(C(=O)O)cc2c1cc(CN1CCN(c3cccc4c3O[C@@](C)(c3ccc(Cl)cn3)O4)[C@@H]3COC[C@@H]31)n2C[C@@H]1CCO1. The summed E-state index contributed by atoms with van der Waals surface area (Å²) in [7, 11) is 1.58. The number of anilines is 1. The van der Waals surface area contributed by atoms with Gasteiger partial charge in [-0.3, -0.25) is 9.88 Å². The molecule has 46 heavy (non-hydrogen) atoms. The molecule has 0 spiro atoms. The van der Waals surface area contributed by atoms with Gasteiger partial charge in [-0.25, -0.2) is 4.79 Å². The molecule has 11 nitrogen and oxygen atoms in total. The van der Waals surface area contributed by atoms with Gasteiger partial charge in [0.1, 0.15) is 11.4 Å². The first-order valence-corrected chi connectivity index (χ1v) is 16.0. The number of fused-ring (bicyclic) bond motifs is 3. The zero-order valence-corrected chi connectivity index (χ0v) is 26.4. The summed E-state index contributed by atoms with van der Waals surface area (Å²) >= 11 is 6.09. The van der Waals surface area contributed by atoms with E-state index in [1.807, 2.05) is 25.1 Å². The van der Waals surface area contributed by atoms with Gasteiger partial charge in [0, 0.05) is 57.0 Å². The van der Waals surface area contributed by atoms with E-state index in [0.29, 0.717) is 54.3 Å². The quantitative estimate of drug-likeness (QED) is 0.284. The van der Waals surface area contributed by atoms with Crippen LogP contribution in [-0.2, 0) is 28.4 Å². The fraction of sp³-hybridized carbons (Fsp3) is 0.412. The first-order valence-electron chi connectivity index (χ1n) is 15.6. The maximum absolute atomic E-state index is 12.0. The minimum absolute atomic E-state index is 0.101. The molecule has 4 aliphatic heterocycles. The number of rotatable bonds is 8. The van der Waals surface area contributed by atoms with Crippen LogP contribution in [0.1, 0.15) is 35.1 Å². The second kappa shape index (κ2) is 11.3. The van der Waals surface area contributed by atoms with Crippen LogP contribution < -0.4 is 19.1 Å². The largest absolute Gasteiger partial charge is 0.496 e. The Morgan fingerprint density at radius 2 is 1.98 bits per heavy atom. The maximum atomic E-state index is 12.0. The normalized spacial score (nSPS) is 25.5. The molecule has 0 unspecified atom stereocenters. The number of hydrogen-bond acceptors (Lipinski definition) is 9. The molecule has 12 heteroatoms. The summed E-state index contributed by atoms with van der Waals surface area (Å²) in [5, 5.41) is 11.2. The third kappa shape index (κ3) is 4.93. The van der Waals surface area contributed by atoms with Gasteiger partial charge in [0.2, 0.25) is 0 Å². The number of carboxylic acid groups (broad SMARTS) is 1. The molecular formula is C34H35ClN4O7. The molecular weight excluding hydrogens is 612 g/mol. The summed E-state index contributed by atoms with van der Waals surface area (Å²) in [6.07, 6.45) is 2.68. The molecule has 3 saturated heterocycles. The van der Waals surface area contributed by atoms with Crippen molar-refractivity contribution in [3.8, 4) is 17.2 Å². The Morgan fingerprint density at radius 3 is 2.72 bits per heavy atom. The van der Waals surface area contributed by atoms with Crippen LogP contribution in [0, 0.1) is 0 Å². The lowest BCUT2D eigenvalue weighted by Crippen LogP contribution is -2.59. The topological polar surface area (TPSA) is 108 Å². The van der Waals surface area contributed by atoms with Crippen molar-refractivity contribution in [1.29, 1.82) is 0 Å². The third-order valence-electron chi connectivity index (χ3n) is 9.66. The van der Waals surface area contributed by atoms with Gasteiger partial charge in [-0.1, -0.05) is 17.7 Å². The predicted octanol–water partition coefficient (Wildman–Crippen LogP) is 4.92. The monoisotopic (exact) mass is 646 g/mol. The lowest BCUT2D eigenvalue weighted by atomic mass is 10.0. The summed E-state index contributed by atoms with van der Waals surface area (Å²) < 4.78 is 32.7. The van der Waals surface area contributed by atoms with E-state index < -0.39 is 11.8 Å². The van der Waals surface area contributed by atoms with E-state index in [1.165, 1.54) is 0 Å². The molecule has 240 valence electrons. The molecule has 2 aromatic heterocycles. The smallest absolute Gasteiger partial charge is 0.335 e. The van der Waals surface area contributed by atoms with E-state index in [9.17, 15) is 9.90 Å². The molecule has 4 atom stereocenters. The van der Waals surface area contributed by atoms with Crippen LogP contribution in [0.25, 0.3) is 10.9 Å². The number of hydrogen-bond donors (Lipinski definition) is 1. The molecule has 0 saturated carbocycles. The zero-order chi connectivity index (χ0) is 31.6. The van der Waals surface area contributed by atoms with Gasteiger partial charge in [-0.15, -0.1) is 0 Å². The van der Waals surface area contributed by atoms with Crippen molar-refractivity contribution in [2.24, 2.45) is 0 Å². The number of benzene rings is 2. The van der Waals surface area contributed by atoms with E-state index >= 15 is 0 Å². The van der Waals surface area contributed by atoms with Crippen molar-refractivity contribution < 1.29 is 33.6 Å². The lowest BCUT2D eigenvalue weighted by Gasteiger charge is -2.45. The number of nitrogens with zero attached hydrogens (tertiary/aromatic N) is 4. The van der Waals surface area contributed by atoms with Gasteiger partial charge in [-0.2, -0.15) is 0 Å². The first-order chi connectivity index (χ1) is 22.3. The number of carbonyl (C=O) groups is 1. The molecule has 4 aromatic rings. The van der Waals surface area contributed by atoms with Crippen LogP contribution >= 0.6 is 11.6 Å². The Bertz CT molecular complexity index is 1810. The van der Waals surface area contributed by atoms with Crippen LogP contribution in [0.5, 0.6) is 17.2 Å². The highest BCUT2D eigenvalue weighted by Crippen LogP contribution is 2.50. The number of carboxylic acids is 1. The Morgan fingerprint density at radius 1 is 1.13 bits per heavy atom. The van der Waals surface area contributed by atoms with Crippen LogP contribution in [0.4, 0.5) is 5.69 Å². The van der Waals surface area contributed by atoms with E-state index in [-0.39, 0.29) is 23.8 Å². The number of ether oxygens (including phenoxy) is 5. The molecule has 0 bridgehead atoms.